The molecule has 0 aromatic heterocycles. The largest absolute Gasteiger partial charge is 0.481 e. The second-order valence-electron chi connectivity index (χ2n) is 5.31. The Kier molecular flexibility index (Phi) is 9.49. The zero-order valence-corrected chi connectivity index (χ0v) is 14.0. The van der Waals surface area contributed by atoms with Crippen LogP contribution in [0.2, 0.25) is 0 Å². The molecule has 2 unspecified atom stereocenters. The second-order valence-corrected chi connectivity index (χ2v) is 6.51. The molecule has 23 heavy (non-hydrogen) atoms. The third-order valence-electron chi connectivity index (χ3n) is 3.33. The zero-order chi connectivity index (χ0) is 17.2. The van der Waals surface area contributed by atoms with Crippen LogP contribution < -0.4 is 5.32 Å². The highest BCUT2D eigenvalue weighted by Crippen LogP contribution is 2.27. The average Bonchev–Trinajstić information content (AvgIpc) is 2.49. The van der Waals surface area contributed by atoms with Crippen LogP contribution in [0.1, 0.15) is 26.2 Å². The Bertz CT molecular complexity index is 382. The summed E-state index contributed by atoms with van der Waals surface area (Å²) in [6, 6.07) is 0. The van der Waals surface area contributed by atoms with E-state index in [0.717, 1.165) is 0 Å². The number of aliphatic carboxylic acids is 1. The number of thioether (sulfide) groups is 1. The molecule has 1 aliphatic rings. The van der Waals surface area contributed by atoms with Gasteiger partial charge >= 0.3 is 5.97 Å². The molecule has 4 N–H and O–H groups in total. The van der Waals surface area contributed by atoms with Gasteiger partial charge in [0, 0.05) is 25.1 Å². The van der Waals surface area contributed by atoms with Crippen LogP contribution in [-0.2, 0) is 19.1 Å². The Labute approximate surface area is 139 Å². The van der Waals surface area contributed by atoms with Crippen molar-refractivity contribution in [3.8, 4) is 0 Å². The molecule has 0 saturated carbocycles. The minimum absolute atomic E-state index is 0.0356. The van der Waals surface area contributed by atoms with Crippen LogP contribution in [0.5, 0.6) is 0 Å². The van der Waals surface area contributed by atoms with Crippen molar-refractivity contribution in [2.75, 3.05) is 25.5 Å². The molecular formula is C14H25NO7S. The Hall–Kier alpha value is -0.870. The standard InChI is InChI=1S/C14H25NO7S/c1-9-10(16)8-11(17)14(22-9)23-7-6-21-5-4-15-12(18)2-3-13(19)20/h9-11,14,16-17H,2-8H2,1H3,(H,15,18)(H,19,20)/t9-,10?,11+,14?/m0/s1. The van der Waals surface area contributed by atoms with Crippen LogP contribution in [0.4, 0.5) is 0 Å². The number of ether oxygens (including phenoxy) is 2. The molecule has 1 fully saturated rings. The van der Waals surface area contributed by atoms with E-state index < -0.39 is 18.2 Å². The van der Waals surface area contributed by atoms with E-state index in [1.54, 1.807) is 6.92 Å². The molecule has 134 valence electrons. The topological polar surface area (TPSA) is 125 Å². The van der Waals surface area contributed by atoms with Crippen molar-refractivity contribution in [1.29, 1.82) is 0 Å². The Morgan fingerprint density at radius 2 is 2.00 bits per heavy atom. The van der Waals surface area contributed by atoms with E-state index in [9.17, 15) is 19.8 Å². The Morgan fingerprint density at radius 3 is 2.70 bits per heavy atom. The summed E-state index contributed by atoms with van der Waals surface area (Å²) in [5.41, 5.74) is -0.368. The number of carbonyl (C=O) groups excluding carboxylic acids is 1. The summed E-state index contributed by atoms with van der Waals surface area (Å²) >= 11 is 1.43. The number of amides is 1. The van der Waals surface area contributed by atoms with Gasteiger partial charge in [-0.3, -0.25) is 9.59 Å². The first-order valence-corrected chi connectivity index (χ1v) is 8.64. The van der Waals surface area contributed by atoms with Crippen molar-refractivity contribution < 1.29 is 34.4 Å². The molecule has 1 amide bonds. The summed E-state index contributed by atoms with van der Waals surface area (Å²) < 4.78 is 10.9. The molecule has 1 aliphatic heterocycles. The van der Waals surface area contributed by atoms with Crippen molar-refractivity contribution in [2.24, 2.45) is 0 Å². The Balaban J connectivity index is 1.99. The number of rotatable bonds is 10. The minimum atomic E-state index is -0.998. The van der Waals surface area contributed by atoms with E-state index in [4.69, 9.17) is 14.6 Å². The van der Waals surface area contributed by atoms with Crippen molar-refractivity contribution >= 4 is 23.6 Å². The van der Waals surface area contributed by atoms with Gasteiger partial charge in [-0.25, -0.2) is 0 Å². The van der Waals surface area contributed by atoms with Gasteiger partial charge in [-0.05, 0) is 6.92 Å². The van der Waals surface area contributed by atoms with Crippen LogP contribution in [0, 0.1) is 0 Å². The number of hydrogen-bond donors (Lipinski definition) is 4. The highest BCUT2D eigenvalue weighted by Gasteiger charge is 2.33. The van der Waals surface area contributed by atoms with Gasteiger partial charge in [-0.1, -0.05) is 0 Å². The van der Waals surface area contributed by atoms with E-state index in [2.05, 4.69) is 5.32 Å². The van der Waals surface area contributed by atoms with Gasteiger partial charge in [0.05, 0.1) is 37.9 Å². The number of carbonyl (C=O) groups is 2. The maximum atomic E-state index is 11.2. The van der Waals surface area contributed by atoms with Crippen LogP contribution in [0.3, 0.4) is 0 Å². The molecule has 0 aliphatic carbocycles. The van der Waals surface area contributed by atoms with E-state index in [1.807, 2.05) is 0 Å². The molecule has 1 saturated heterocycles. The Morgan fingerprint density at radius 1 is 1.26 bits per heavy atom. The SMILES string of the molecule is C[C@@H]1OC(SCCOCCNC(=O)CCC(=O)O)[C@H](O)CC1O. The van der Waals surface area contributed by atoms with Gasteiger partial charge in [-0.15, -0.1) is 11.8 Å². The molecule has 0 radical (unpaired) electrons. The van der Waals surface area contributed by atoms with Crippen LogP contribution in [-0.4, -0.2) is 76.5 Å². The lowest BCUT2D eigenvalue weighted by molar-refractivity contribution is -0.138. The maximum Gasteiger partial charge on any atom is 0.303 e. The van der Waals surface area contributed by atoms with Crippen molar-refractivity contribution in [3.05, 3.63) is 0 Å². The third kappa shape index (κ3) is 8.52. The molecule has 9 heteroatoms. The fourth-order valence-corrected chi connectivity index (χ4v) is 3.02. The molecule has 1 rings (SSSR count). The summed E-state index contributed by atoms with van der Waals surface area (Å²) in [5, 5.41) is 30.4. The van der Waals surface area contributed by atoms with E-state index in [0.29, 0.717) is 31.9 Å². The molecular weight excluding hydrogens is 326 g/mol. The summed E-state index contributed by atoms with van der Waals surface area (Å²) in [6.45, 7) is 2.88. The molecule has 0 spiro atoms. The van der Waals surface area contributed by atoms with Gasteiger partial charge < -0.3 is 30.1 Å². The smallest absolute Gasteiger partial charge is 0.303 e. The molecule has 4 atom stereocenters. The highest BCUT2D eigenvalue weighted by atomic mass is 32.2. The molecule has 8 nitrogen and oxygen atoms in total. The fraction of sp³-hybridized carbons (Fsp3) is 0.857. The predicted molar refractivity (Wildman–Crippen MR) is 84.1 cm³/mol. The van der Waals surface area contributed by atoms with Crippen LogP contribution in [0.15, 0.2) is 0 Å². The van der Waals surface area contributed by atoms with Crippen LogP contribution in [0.25, 0.3) is 0 Å². The van der Waals surface area contributed by atoms with Crippen molar-refractivity contribution in [3.63, 3.8) is 0 Å². The second kappa shape index (κ2) is 10.8. The molecule has 0 bridgehead atoms. The number of nitrogens with one attached hydrogen (secondary N) is 1. The van der Waals surface area contributed by atoms with E-state index in [-0.39, 0.29) is 30.3 Å². The molecule has 1 heterocycles. The minimum Gasteiger partial charge on any atom is -0.481 e. The van der Waals surface area contributed by atoms with Crippen molar-refractivity contribution in [2.45, 2.75) is 49.9 Å². The first-order valence-electron chi connectivity index (χ1n) is 7.59. The van der Waals surface area contributed by atoms with Gasteiger partial charge in [-0.2, -0.15) is 0 Å². The number of carboxylic acid groups (broad SMARTS) is 1. The van der Waals surface area contributed by atoms with E-state index >= 15 is 0 Å². The normalized spacial score (nSPS) is 27.6. The van der Waals surface area contributed by atoms with Crippen LogP contribution >= 0.6 is 11.8 Å². The number of aliphatic hydroxyl groups is 2. The van der Waals surface area contributed by atoms with Gasteiger partial charge in [0.1, 0.15) is 5.44 Å². The summed E-state index contributed by atoms with van der Waals surface area (Å²) in [4.78, 5) is 21.5. The maximum absolute atomic E-state index is 11.2. The average molecular weight is 351 g/mol. The number of hydrogen-bond acceptors (Lipinski definition) is 7. The summed E-state index contributed by atoms with van der Waals surface area (Å²) in [6.07, 6.45) is -1.53. The molecule has 0 aromatic rings. The highest BCUT2D eigenvalue weighted by molar-refractivity contribution is 7.99. The quantitative estimate of drug-likeness (QED) is 0.391. The zero-order valence-electron chi connectivity index (χ0n) is 13.1. The number of aliphatic hydroxyl groups excluding tert-OH is 2. The van der Waals surface area contributed by atoms with Gasteiger partial charge in [0.25, 0.3) is 0 Å². The van der Waals surface area contributed by atoms with Crippen molar-refractivity contribution in [1.82, 2.24) is 5.32 Å². The third-order valence-corrected chi connectivity index (χ3v) is 4.49. The van der Waals surface area contributed by atoms with E-state index in [1.165, 1.54) is 11.8 Å². The monoisotopic (exact) mass is 351 g/mol. The molecule has 0 aromatic carbocycles. The lowest BCUT2D eigenvalue weighted by Crippen LogP contribution is -2.44. The lowest BCUT2D eigenvalue weighted by Gasteiger charge is -2.35. The van der Waals surface area contributed by atoms with Gasteiger partial charge in [0.15, 0.2) is 0 Å². The summed E-state index contributed by atoms with van der Waals surface area (Å²) in [7, 11) is 0. The van der Waals surface area contributed by atoms with Gasteiger partial charge in [0.2, 0.25) is 5.91 Å². The fourth-order valence-electron chi connectivity index (χ4n) is 1.99. The number of carboxylic acids is 1. The first kappa shape index (κ1) is 20.2. The first-order chi connectivity index (χ1) is 10.9. The summed E-state index contributed by atoms with van der Waals surface area (Å²) in [5.74, 6) is -0.684. The predicted octanol–water partition coefficient (Wildman–Crippen LogP) is -0.426. The lowest BCUT2D eigenvalue weighted by atomic mass is 10.1.